The summed E-state index contributed by atoms with van der Waals surface area (Å²) in [5.41, 5.74) is -0.106. The van der Waals surface area contributed by atoms with Gasteiger partial charge in [0.05, 0.1) is 17.8 Å². The van der Waals surface area contributed by atoms with Crippen LogP contribution in [0.2, 0.25) is 0 Å². The average Bonchev–Trinajstić information content (AvgIpc) is 2.55. The fourth-order valence-electron chi connectivity index (χ4n) is 2.06. The van der Waals surface area contributed by atoms with Crippen LogP contribution in [0.4, 0.5) is 13.2 Å². The molecule has 0 N–H and O–H groups in total. The smallest absolute Gasteiger partial charge is 0.433 e. The van der Waals surface area contributed by atoms with E-state index in [2.05, 4.69) is 16.0 Å². The van der Waals surface area contributed by atoms with Crippen molar-refractivity contribution in [3.8, 4) is 17.6 Å². The molecular weight excluding hydrogens is 307 g/mol. The van der Waals surface area contributed by atoms with E-state index in [0.29, 0.717) is 22.2 Å². The number of hydrogen-bond acceptors (Lipinski definition) is 4. The largest absolute Gasteiger partial charge is 0.453 e. The Morgan fingerprint density at radius 1 is 1.04 bits per heavy atom. The molecule has 0 aliphatic heterocycles. The van der Waals surface area contributed by atoms with E-state index in [9.17, 15) is 13.2 Å². The Balaban J connectivity index is 1.98. The molecule has 0 atom stereocenters. The number of ether oxygens (including phenoxy) is 1. The van der Waals surface area contributed by atoms with E-state index < -0.39 is 11.9 Å². The minimum atomic E-state index is -4.50. The summed E-state index contributed by atoms with van der Waals surface area (Å²) in [5, 5.41) is 9.69. The van der Waals surface area contributed by atoms with Gasteiger partial charge < -0.3 is 4.74 Å². The Morgan fingerprint density at radius 3 is 2.52 bits per heavy atom. The minimum Gasteiger partial charge on any atom is -0.453 e. The van der Waals surface area contributed by atoms with Gasteiger partial charge in [-0.1, -0.05) is 0 Å². The van der Waals surface area contributed by atoms with Crippen LogP contribution in [-0.2, 0) is 6.18 Å². The zero-order valence-corrected chi connectivity index (χ0v) is 11.5. The summed E-state index contributed by atoms with van der Waals surface area (Å²) in [7, 11) is 0. The number of benzene rings is 1. The zero-order chi connectivity index (χ0) is 16.4. The number of fused-ring (bicyclic) bond motifs is 1. The molecule has 3 rings (SSSR count). The van der Waals surface area contributed by atoms with Crippen molar-refractivity contribution in [2.45, 2.75) is 6.18 Å². The molecule has 4 nitrogen and oxygen atoms in total. The van der Waals surface area contributed by atoms with E-state index in [1.54, 1.807) is 30.5 Å². The van der Waals surface area contributed by atoms with Gasteiger partial charge >= 0.3 is 6.18 Å². The topological polar surface area (TPSA) is 58.8 Å². The minimum absolute atomic E-state index is 0.148. The first-order chi connectivity index (χ1) is 11.0. The average molecular weight is 315 g/mol. The molecule has 0 saturated heterocycles. The van der Waals surface area contributed by atoms with Crippen LogP contribution >= 0.6 is 0 Å². The van der Waals surface area contributed by atoms with E-state index in [1.165, 1.54) is 6.07 Å². The molecule has 0 unspecified atom stereocenters. The summed E-state index contributed by atoms with van der Waals surface area (Å²) in [5.74, 6) is 0.482. The third-order valence-electron chi connectivity index (χ3n) is 3.11. The molecule has 0 bridgehead atoms. The molecule has 23 heavy (non-hydrogen) atoms. The molecule has 0 saturated carbocycles. The molecule has 0 aliphatic carbocycles. The number of alkyl halides is 3. The summed E-state index contributed by atoms with van der Waals surface area (Å²) in [6.45, 7) is 0. The second kappa shape index (κ2) is 5.57. The van der Waals surface area contributed by atoms with Gasteiger partial charge in [-0.2, -0.15) is 18.4 Å². The maximum Gasteiger partial charge on any atom is 0.433 e. The van der Waals surface area contributed by atoms with Crippen molar-refractivity contribution in [3.05, 3.63) is 60.0 Å². The molecule has 7 heteroatoms. The highest BCUT2D eigenvalue weighted by molar-refractivity contribution is 5.89. The molecule has 0 amide bonds. The van der Waals surface area contributed by atoms with Crippen LogP contribution in [0, 0.1) is 11.3 Å². The highest BCUT2D eigenvalue weighted by Crippen LogP contribution is 2.32. The third-order valence-corrected chi connectivity index (χ3v) is 3.11. The van der Waals surface area contributed by atoms with Crippen LogP contribution in [0.25, 0.3) is 10.9 Å². The first-order valence-corrected chi connectivity index (χ1v) is 6.48. The van der Waals surface area contributed by atoms with Crippen molar-refractivity contribution in [2.75, 3.05) is 0 Å². The number of hydrogen-bond donors (Lipinski definition) is 0. The summed E-state index contributed by atoms with van der Waals surface area (Å²) in [6.07, 6.45) is -1.96. The maximum absolute atomic E-state index is 12.5. The predicted molar refractivity (Wildman–Crippen MR) is 75.8 cm³/mol. The van der Waals surface area contributed by atoms with Crippen LogP contribution < -0.4 is 4.74 Å². The molecule has 0 aliphatic rings. The highest BCUT2D eigenvalue weighted by Gasteiger charge is 2.32. The second-order valence-electron chi connectivity index (χ2n) is 4.60. The van der Waals surface area contributed by atoms with Gasteiger partial charge in [-0.05, 0) is 36.4 Å². The zero-order valence-electron chi connectivity index (χ0n) is 11.5. The lowest BCUT2D eigenvalue weighted by atomic mass is 10.1. The monoisotopic (exact) mass is 315 g/mol. The van der Waals surface area contributed by atoms with Gasteiger partial charge in [-0.3, -0.25) is 4.98 Å². The summed E-state index contributed by atoms with van der Waals surface area (Å²) < 4.78 is 43.0. The quantitative estimate of drug-likeness (QED) is 0.707. The fraction of sp³-hybridized carbons (Fsp3) is 0.0625. The second-order valence-corrected chi connectivity index (χ2v) is 4.60. The van der Waals surface area contributed by atoms with Gasteiger partial charge in [0.15, 0.2) is 5.75 Å². The Kier molecular flexibility index (Phi) is 3.58. The van der Waals surface area contributed by atoms with Gasteiger partial charge in [0.1, 0.15) is 17.0 Å². The van der Waals surface area contributed by atoms with Crippen molar-refractivity contribution in [1.29, 1.82) is 5.26 Å². The van der Waals surface area contributed by atoms with E-state index >= 15 is 0 Å². The highest BCUT2D eigenvalue weighted by atomic mass is 19.4. The maximum atomic E-state index is 12.5. The number of aromatic nitrogens is 2. The first-order valence-electron chi connectivity index (χ1n) is 6.48. The molecule has 2 aromatic heterocycles. The van der Waals surface area contributed by atoms with Crippen molar-refractivity contribution in [3.63, 3.8) is 0 Å². The summed E-state index contributed by atoms with van der Waals surface area (Å²) in [6, 6.07) is 10.6. The number of nitrogens with zero attached hydrogens (tertiary/aromatic N) is 3. The molecule has 0 fully saturated rings. The van der Waals surface area contributed by atoms with Crippen molar-refractivity contribution in [2.24, 2.45) is 0 Å². The van der Waals surface area contributed by atoms with E-state index in [-0.39, 0.29) is 5.75 Å². The lowest BCUT2D eigenvalue weighted by molar-refractivity contribution is -0.141. The van der Waals surface area contributed by atoms with Gasteiger partial charge in [-0.15, -0.1) is 0 Å². The van der Waals surface area contributed by atoms with Crippen molar-refractivity contribution < 1.29 is 17.9 Å². The lowest BCUT2D eigenvalue weighted by Crippen LogP contribution is -2.07. The Bertz CT molecular complexity index is 899. The number of rotatable bonds is 2. The Labute approximate surface area is 128 Å². The Morgan fingerprint density at radius 2 is 1.87 bits per heavy atom. The molecule has 1 aromatic carbocycles. The third kappa shape index (κ3) is 2.92. The van der Waals surface area contributed by atoms with Crippen LogP contribution in [0.1, 0.15) is 11.3 Å². The fourth-order valence-corrected chi connectivity index (χ4v) is 2.06. The molecular formula is C16H8F3N3O. The van der Waals surface area contributed by atoms with Crippen LogP contribution in [0.3, 0.4) is 0 Å². The first kappa shape index (κ1) is 14.8. The molecule has 0 radical (unpaired) electrons. The SMILES string of the molecule is N#Cc1ccc(Oc2ccc(C(F)(F)F)nc2)c2ncccc12. The molecule has 0 spiro atoms. The van der Waals surface area contributed by atoms with Gasteiger partial charge in [-0.25, -0.2) is 4.98 Å². The molecule has 2 heterocycles. The Hall–Kier alpha value is -3.14. The summed E-state index contributed by atoms with van der Waals surface area (Å²) in [4.78, 5) is 7.50. The van der Waals surface area contributed by atoms with Gasteiger partial charge in [0.25, 0.3) is 0 Å². The van der Waals surface area contributed by atoms with Crippen LogP contribution in [0.5, 0.6) is 11.5 Å². The number of halogens is 3. The summed E-state index contributed by atoms with van der Waals surface area (Å²) >= 11 is 0. The predicted octanol–water partition coefficient (Wildman–Crippen LogP) is 4.31. The van der Waals surface area contributed by atoms with Gasteiger partial charge in [0, 0.05) is 11.6 Å². The van der Waals surface area contributed by atoms with Crippen molar-refractivity contribution in [1.82, 2.24) is 9.97 Å². The van der Waals surface area contributed by atoms with Crippen LogP contribution in [-0.4, -0.2) is 9.97 Å². The normalized spacial score (nSPS) is 11.2. The van der Waals surface area contributed by atoms with E-state index in [4.69, 9.17) is 10.00 Å². The van der Waals surface area contributed by atoms with E-state index in [1.807, 2.05) is 0 Å². The molecule has 114 valence electrons. The van der Waals surface area contributed by atoms with Crippen LogP contribution in [0.15, 0.2) is 48.8 Å². The molecule has 3 aromatic rings. The number of pyridine rings is 2. The standard InChI is InChI=1S/C16H8F3N3O/c17-16(18,19)14-6-4-11(9-22-14)23-13-5-3-10(8-20)12-2-1-7-21-15(12)13/h1-7,9H. The van der Waals surface area contributed by atoms with Crippen molar-refractivity contribution >= 4 is 10.9 Å². The van der Waals surface area contributed by atoms with E-state index in [0.717, 1.165) is 12.3 Å². The van der Waals surface area contributed by atoms with Gasteiger partial charge in [0.2, 0.25) is 0 Å². The lowest BCUT2D eigenvalue weighted by Gasteiger charge is -2.10. The number of nitriles is 1.